The van der Waals surface area contributed by atoms with E-state index in [1.54, 1.807) is 6.07 Å². The van der Waals surface area contributed by atoms with Crippen LogP contribution in [-0.4, -0.2) is 60.5 Å². The van der Waals surface area contributed by atoms with Crippen molar-refractivity contribution in [3.63, 3.8) is 0 Å². The Morgan fingerprint density at radius 1 is 1.03 bits per heavy atom. The van der Waals surface area contributed by atoms with Gasteiger partial charge >= 0.3 is 5.97 Å². The highest BCUT2D eigenvalue weighted by Crippen LogP contribution is 2.45. The van der Waals surface area contributed by atoms with E-state index in [0.717, 1.165) is 0 Å². The number of halogens is 1. The Hall–Kier alpha value is -3.92. The molecule has 3 N–H and O–H groups in total. The van der Waals surface area contributed by atoms with Gasteiger partial charge in [0.25, 0.3) is 5.91 Å². The molecular weight excluding hydrogens is 492 g/mol. The van der Waals surface area contributed by atoms with E-state index in [1.165, 1.54) is 45.6 Å². The quantitative estimate of drug-likeness (QED) is 0.286. The van der Waals surface area contributed by atoms with Gasteiger partial charge in [0.05, 0.1) is 33.0 Å². The van der Waals surface area contributed by atoms with Crippen molar-refractivity contribution in [1.29, 1.82) is 0 Å². The molecule has 3 aromatic rings. The Morgan fingerprint density at radius 3 is 2.31 bits per heavy atom. The van der Waals surface area contributed by atoms with Crippen molar-refractivity contribution in [2.75, 3.05) is 21.3 Å². The zero-order chi connectivity index (χ0) is 26.6. The number of esters is 1. The first kappa shape index (κ1) is 26.7. The Labute approximate surface area is 212 Å². The molecule has 1 unspecified atom stereocenters. The van der Waals surface area contributed by atoms with Crippen LogP contribution in [0.25, 0.3) is 10.8 Å². The highest BCUT2D eigenvalue weighted by atomic mass is 35.5. The van der Waals surface area contributed by atoms with Crippen LogP contribution in [0.3, 0.4) is 0 Å². The van der Waals surface area contributed by atoms with Crippen LogP contribution < -0.4 is 19.5 Å². The van der Waals surface area contributed by atoms with Crippen LogP contribution >= 0.6 is 11.6 Å². The minimum atomic E-state index is -1.15. The predicted molar refractivity (Wildman–Crippen MR) is 132 cm³/mol. The van der Waals surface area contributed by atoms with Crippen LogP contribution in [0.1, 0.15) is 29.9 Å². The fraction of sp³-hybridized carbons (Fsp3) is 0.320. The van der Waals surface area contributed by atoms with E-state index in [9.17, 15) is 19.8 Å². The van der Waals surface area contributed by atoms with E-state index >= 15 is 0 Å². The number of benzene rings is 2. The van der Waals surface area contributed by atoms with Crippen LogP contribution in [-0.2, 0) is 16.0 Å². The first-order chi connectivity index (χ1) is 17.1. The molecule has 0 radical (unpaired) electrons. The van der Waals surface area contributed by atoms with Crippen molar-refractivity contribution >= 4 is 34.2 Å². The molecule has 0 aliphatic rings. The number of hydrogen-bond donors (Lipinski definition) is 3. The van der Waals surface area contributed by atoms with E-state index in [0.29, 0.717) is 33.7 Å². The van der Waals surface area contributed by atoms with Gasteiger partial charge in [-0.2, -0.15) is 0 Å². The van der Waals surface area contributed by atoms with Crippen molar-refractivity contribution in [2.24, 2.45) is 0 Å². The number of pyridine rings is 1. The molecule has 1 amide bonds. The second-order valence-corrected chi connectivity index (χ2v) is 8.42. The Bertz CT molecular complexity index is 1300. The lowest BCUT2D eigenvalue weighted by Gasteiger charge is -2.19. The molecule has 0 aliphatic carbocycles. The number of fused-ring (bicyclic) bond motifs is 1. The molecule has 3 rings (SSSR count). The van der Waals surface area contributed by atoms with Crippen molar-refractivity contribution in [3.05, 3.63) is 46.7 Å². The number of carbonyl (C=O) groups excluding carboxylic acids is 2. The fourth-order valence-electron chi connectivity index (χ4n) is 3.64. The van der Waals surface area contributed by atoms with Gasteiger partial charge in [-0.3, -0.25) is 4.79 Å². The van der Waals surface area contributed by atoms with Crippen molar-refractivity contribution < 1.29 is 38.7 Å². The Morgan fingerprint density at radius 2 is 1.72 bits per heavy atom. The standard InChI is InChI=1S/C25H27ClN2O8/c1-12(2)36-20-9-13-8-19(30)16(11-15(13)21(33-3)22(20)34-4)24(31)28-17(25(32)35-5)10-14-6-7-18(29)23(26)27-14/h6-9,11-12,17,29-30H,10H2,1-5H3,(H,28,31). The second kappa shape index (κ2) is 11.2. The van der Waals surface area contributed by atoms with E-state index in [2.05, 4.69) is 10.3 Å². The molecule has 10 nitrogen and oxygen atoms in total. The zero-order valence-electron chi connectivity index (χ0n) is 20.4. The Balaban J connectivity index is 2.00. The third-order valence-corrected chi connectivity index (χ3v) is 5.51. The lowest BCUT2D eigenvalue weighted by molar-refractivity contribution is -0.142. The molecule has 2 aromatic carbocycles. The van der Waals surface area contributed by atoms with Crippen LogP contribution in [0.5, 0.6) is 28.7 Å². The first-order valence-electron chi connectivity index (χ1n) is 10.9. The predicted octanol–water partition coefficient (Wildman–Crippen LogP) is 3.62. The van der Waals surface area contributed by atoms with Gasteiger partial charge in [-0.25, -0.2) is 9.78 Å². The molecule has 192 valence electrons. The van der Waals surface area contributed by atoms with Crippen molar-refractivity contribution in [1.82, 2.24) is 10.3 Å². The number of carbonyl (C=O) groups is 2. The largest absolute Gasteiger partial charge is 0.507 e. The van der Waals surface area contributed by atoms with Crippen molar-refractivity contribution in [3.8, 4) is 28.7 Å². The van der Waals surface area contributed by atoms with Gasteiger partial charge in [-0.1, -0.05) is 11.6 Å². The third kappa shape index (κ3) is 5.65. The minimum absolute atomic E-state index is 0.0696. The third-order valence-electron chi connectivity index (χ3n) is 5.24. The molecule has 11 heteroatoms. The molecule has 36 heavy (non-hydrogen) atoms. The Kier molecular flexibility index (Phi) is 8.31. The van der Waals surface area contributed by atoms with Crippen LogP contribution in [0.4, 0.5) is 0 Å². The van der Waals surface area contributed by atoms with Gasteiger partial charge in [-0.15, -0.1) is 0 Å². The monoisotopic (exact) mass is 518 g/mol. The molecule has 0 bridgehead atoms. The SMILES string of the molecule is COC(=O)C(Cc1ccc(O)c(Cl)n1)NC(=O)c1cc2c(OC)c(OC)c(OC(C)C)cc2cc1O. The molecule has 1 heterocycles. The number of aromatic nitrogens is 1. The molecule has 0 saturated carbocycles. The number of nitrogens with zero attached hydrogens (tertiary/aromatic N) is 1. The van der Waals surface area contributed by atoms with Crippen LogP contribution in [0.2, 0.25) is 5.15 Å². The number of hydrogen-bond acceptors (Lipinski definition) is 9. The lowest BCUT2D eigenvalue weighted by Crippen LogP contribution is -2.43. The number of nitrogens with one attached hydrogen (secondary N) is 1. The van der Waals surface area contributed by atoms with E-state index in [1.807, 2.05) is 13.8 Å². The summed E-state index contributed by atoms with van der Waals surface area (Å²) < 4.78 is 21.7. The molecule has 1 aromatic heterocycles. The van der Waals surface area contributed by atoms with Gasteiger partial charge in [-0.05, 0) is 49.6 Å². The maximum atomic E-state index is 13.2. The van der Waals surface area contributed by atoms with E-state index in [-0.39, 0.29) is 34.7 Å². The highest BCUT2D eigenvalue weighted by Gasteiger charge is 2.26. The molecule has 0 spiro atoms. The number of rotatable bonds is 9. The number of phenols is 1. The summed E-state index contributed by atoms with van der Waals surface area (Å²) in [6.07, 6.45) is -0.215. The van der Waals surface area contributed by atoms with Gasteiger partial charge in [0.1, 0.15) is 11.8 Å². The normalized spacial score (nSPS) is 11.8. The minimum Gasteiger partial charge on any atom is -0.507 e. The fourth-order valence-corrected chi connectivity index (χ4v) is 3.81. The number of amides is 1. The molecule has 1 atom stereocenters. The summed E-state index contributed by atoms with van der Waals surface area (Å²) >= 11 is 5.85. The summed E-state index contributed by atoms with van der Waals surface area (Å²) in [5.41, 5.74) is 0.228. The van der Waals surface area contributed by atoms with Gasteiger partial charge in [0, 0.05) is 17.5 Å². The smallest absolute Gasteiger partial charge is 0.328 e. The van der Waals surface area contributed by atoms with Crippen LogP contribution in [0.15, 0.2) is 30.3 Å². The summed E-state index contributed by atoms with van der Waals surface area (Å²) in [7, 11) is 4.10. The molecule has 0 fully saturated rings. The summed E-state index contributed by atoms with van der Waals surface area (Å²) in [5, 5.41) is 23.7. The maximum Gasteiger partial charge on any atom is 0.328 e. The second-order valence-electron chi connectivity index (χ2n) is 8.06. The van der Waals surface area contributed by atoms with Crippen molar-refractivity contribution in [2.45, 2.75) is 32.4 Å². The number of ether oxygens (including phenoxy) is 4. The first-order valence-corrected chi connectivity index (χ1v) is 11.3. The van der Waals surface area contributed by atoms with Gasteiger partial charge < -0.3 is 34.5 Å². The number of methoxy groups -OCH3 is 3. The van der Waals surface area contributed by atoms with Gasteiger partial charge in [0.15, 0.2) is 22.4 Å². The average molecular weight is 519 g/mol. The van der Waals surface area contributed by atoms with E-state index in [4.69, 9.17) is 30.5 Å². The summed E-state index contributed by atoms with van der Waals surface area (Å²) in [6, 6.07) is 6.15. The topological polar surface area (TPSA) is 136 Å². The van der Waals surface area contributed by atoms with E-state index < -0.39 is 17.9 Å². The summed E-state index contributed by atoms with van der Waals surface area (Å²) in [4.78, 5) is 29.5. The highest BCUT2D eigenvalue weighted by molar-refractivity contribution is 6.30. The number of phenolic OH excluding ortho intramolecular Hbond substituents is 1. The summed E-state index contributed by atoms with van der Waals surface area (Å²) in [5.74, 6) is -0.948. The zero-order valence-corrected chi connectivity index (χ0v) is 21.2. The lowest BCUT2D eigenvalue weighted by atomic mass is 10.0. The average Bonchev–Trinajstić information content (AvgIpc) is 2.83. The molecular formula is C25H27ClN2O8. The summed E-state index contributed by atoms with van der Waals surface area (Å²) in [6.45, 7) is 3.72. The van der Waals surface area contributed by atoms with Crippen LogP contribution in [0, 0.1) is 0 Å². The molecule has 0 aliphatic heterocycles. The molecule has 0 saturated heterocycles. The van der Waals surface area contributed by atoms with Gasteiger partial charge in [0.2, 0.25) is 5.75 Å². The maximum absolute atomic E-state index is 13.2. The number of aromatic hydroxyl groups is 2.